The molecule has 5 heteroatoms. The Hall–Kier alpha value is -1.26. The molecular weight excluding hydrogens is 280 g/mol. The van der Waals surface area contributed by atoms with Crippen molar-refractivity contribution >= 4 is 17.6 Å². The third-order valence-corrected chi connectivity index (χ3v) is 4.14. The Kier molecular flexibility index (Phi) is 4.89. The first-order chi connectivity index (χ1) is 9.60. The molecule has 4 nitrogen and oxygen atoms in total. The number of carbonyl (C=O) groups is 1. The van der Waals surface area contributed by atoms with Gasteiger partial charge in [-0.15, -0.1) is 0 Å². The Bertz CT molecular complexity index is 513. The maximum Gasteiger partial charge on any atom is 0.339 e. The molecular formula is C15H19ClO4. The monoisotopic (exact) mass is 298 g/mol. The molecule has 2 rings (SSSR count). The van der Waals surface area contributed by atoms with Crippen molar-refractivity contribution in [3.63, 3.8) is 0 Å². The number of aliphatic hydroxyl groups is 1. The number of aliphatic hydroxyl groups excluding tert-OH is 1. The number of benzene rings is 1. The van der Waals surface area contributed by atoms with E-state index in [1.165, 1.54) is 14.2 Å². The maximum absolute atomic E-state index is 11.6. The zero-order chi connectivity index (χ0) is 14.7. The first-order valence-electron chi connectivity index (χ1n) is 6.74. The standard InChI is InChI=1S/C15H19ClO4/c1-19-14-11(13(17)15(18)20-2)8-9-6-4-3-5-7-10(9)12(14)16/h8,13,17H,3-7H2,1-2H3. The smallest absolute Gasteiger partial charge is 0.339 e. The number of hydrogen-bond acceptors (Lipinski definition) is 4. The number of esters is 1. The fraction of sp³-hybridized carbons (Fsp3) is 0.533. The Balaban J connectivity index is 2.54. The third-order valence-electron chi connectivity index (χ3n) is 3.74. The van der Waals surface area contributed by atoms with Crippen LogP contribution in [0, 0.1) is 0 Å². The van der Waals surface area contributed by atoms with E-state index in [1.54, 1.807) is 0 Å². The normalized spacial score (nSPS) is 16.0. The zero-order valence-corrected chi connectivity index (χ0v) is 12.5. The second-order valence-corrected chi connectivity index (χ2v) is 5.32. The molecule has 0 saturated heterocycles. The summed E-state index contributed by atoms with van der Waals surface area (Å²) in [6, 6.07) is 1.83. The van der Waals surface area contributed by atoms with E-state index < -0.39 is 12.1 Å². The van der Waals surface area contributed by atoms with Crippen molar-refractivity contribution in [3.05, 3.63) is 27.8 Å². The summed E-state index contributed by atoms with van der Waals surface area (Å²) in [5, 5.41) is 10.6. The molecule has 0 bridgehead atoms. The summed E-state index contributed by atoms with van der Waals surface area (Å²) in [6.45, 7) is 0. The maximum atomic E-state index is 11.6. The predicted molar refractivity (Wildman–Crippen MR) is 76.2 cm³/mol. The average Bonchev–Trinajstić information content (AvgIpc) is 2.71. The summed E-state index contributed by atoms with van der Waals surface area (Å²) in [7, 11) is 2.72. The van der Waals surface area contributed by atoms with Crippen molar-refractivity contribution < 1.29 is 19.4 Å². The van der Waals surface area contributed by atoms with Gasteiger partial charge in [-0.2, -0.15) is 0 Å². The van der Waals surface area contributed by atoms with Crippen LogP contribution in [0.25, 0.3) is 0 Å². The van der Waals surface area contributed by atoms with Crippen LogP contribution in [0.15, 0.2) is 6.07 Å². The van der Waals surface area contributed by atoms with E-state index in [1.807, 2.05) is 6.07 Å². The third kappa shape index (κ3) is 2.76. The minimum absolute atomic E-state index is 0.366. The summed E-state index contributed by atoms with van der Waals surface area (Å²) < 4.78 is 9.89. The minimum atomic E-state index is -1.37. The van der Waals surface area contributed by atoms with Crippen LogP contribution in [0.5, 0.6) is 5.75 Å². The van der Waals surface area contributed by atoms with Gasteiger partial charge in [-0.25, -0.2) is 4.79 Å². The van der Waals surface area contributed by atoms with E-state index in [0.717, 1.165) is 43.2 Å². The molecule has 1 aliphatic carbocycles. The molecule has 20 heavy (non-hydrogen) atoms. The molecule has 0 aliphatic heterocycles. The van der Waals surface area contributed by atoms with Gasteiger partial charge in [-0.3, -0.25) is 0 Å². The van der Waals surface area contributed by atoms with Gasteiger partial charge < -0.3 is 14.6 Å². The van der Waals surface area contributed by atoms with Gasteiger partial charge in [0, 0.05) is 5.56 Å². The lowest BCUT2D eigenvalue weighted by molar-refractivity contribution is -0.150. The molecule has 1 aliphatic rings. The molecule has 1 aromatic rings. The van der Waals surface area contributed by atoms with Gasteiger partial charge in [-0.1, -0.05) is 18.0 Å². The van der Waals surface area contributed by atoms with E-state index >= 15 is 0 Å². The van der Waals surface area contributed by atoms with Gasteiger partial charge in [-0.05, 0) is 42.9 Å². The number of ether oxygens (including phenoxy) is 2. The van der Waals surface area contributed by atoms with Crippen LogP contribution in [-0.2, 0) is 22.4 Å². The quantitative estimate of drug-likeness (QED) is 0.689. The van der Waals surface area contributed by atoms with Crippen LogP contribution in [0.1, 0.15) is 42.1 Å². The van der Waals surface area contributed by atoms with Crippen LogP contribution >= 0.6 is 11.6 Å². The van der Waals surface area contributed by atoms with Crippen LogP contribution in [0.3, 0.4) is 0 Å². The van der Waals surface area contributed by atoms with Gasteiger partial charge in [0.2, 0.25) is 0 Å². The number of halogens is 1. The number of hydrogen-bond donors (Lipinski definition) is 1. The molecule has 110 valence electrons. The number of rotatable bonds is 3. The summed E-state index contributed by atoms with van der Waals surface area (Å²) in [5.74, 6) is -0.349. The summed E-state index contributed by atoms with van der Waals surface area (Å²) in [6.07, 6.45) is 3.76. The lowest BCUT2D eigenvalue weighted by Gasteiger charge is -2.19. The molecule has 0 heterocycles. The number of carbonyl (C=O) groups excluding carboxylic acids is 1. The van der Waals surface area contributed by atoms with Gasteiger partial charge in [0.05, 0.1) is 19.2 Å². The Labute approximate surface area is 123 Å². The van der Waals surface area contributed by atoms with Crippen molar-refractivity contribution in [1.82, 2.24) is 0 Å². The van der Waals surface area contributed by atoms with E-state index in [-0.39, 0.29) is 0 Å². The highest BCUT2D eigenvalue weighted by atomic mass is 35.5. The molecule has 0 saturated carbocycles. The second-order valence-electron chi connectivity index (χ2n) is 4.94. The van der Waals surface area contributed by atoms with Crippen LogP contribution < -0.4 is 4.74 Å². The van der Waals surface area contributed by atoms with Crippen molar-refractivity contribution in [2.75, 3.05) is 14.2 Å². The lowest BCUT2D eigenvalue weighted by Crippen LogP contribution is -2.15. The largest absolute Gasteiger partial charge is 0.495 e. The SMILES string of the molecule is COC(=O)C(O)c1cc2c(c(Cl)c1OC)CCCCC2. The molecule has 0 spiro atoms. The van der Waals surface area contributed by atoms with E-state index in [2.05, 4.69) is 4.74 Å². The highest BCUT2D eigenvalue weighted by molar-refractivity contribution is 6.33. The van der Waals surface area contributed by atoms with Gasteiger partial charge in [0.1, 0.15) is 5.75 Å². The van der Waals surface area contributed by atoms with E-state index in [9.17, 15) is 9.90 Å². The molecule has 0 amide bonds. The number of aryl methyl sites for hydroxylation is 1. The molecule has 1 N–H and O–H groups in total. The molecule has 0 aromatic heterocycles. The van der Waals surface area contributed by atoms with Crippen molar-refractivity contribution in [1.29, 1.82) is 0 Å². The van der Waals surface area contributed by atoms with Crippen LogP contribution in [-0.4, -0.2) is 25.3 Å². The van der Waals surface area contributed by atoms with Crippen molar-refractivity contribution in [2.45, 2.75) is 38.2 Å². The van der Waals surface area contributed by atoms with Gasteiger partial charge in [0.15, 0.2) is 6.10 Å². The van der Waals surface area contributed by atoms with Crippen molar-refractivity contribution in [3.8, 4) is 5.75 Å². The highest BCUT2D eigenvalue weighted by Gasteiger charge is 2.27. The topological polar surface area (TPSA) is 55.8 Å². The average molecular weight is 299 g/mol. The van der Waals surface area contributed by atoms with E-state index in [4.69, 9.17) is 16.3 Å². The minimum Gasteiger partial charge on any atom is -0.495 e. The summed E-state index contributed by atoms with van der Waals surface area (Å²) in [5.41, 5.74) is 2.54. The fourth-order valence-corrected chi connectivity index (χ4v) is 3.08. The Morgan fingerprint density at radius 2 is 2.00 bits per heavy atom. The molecule has 0 fully saturated rings. The molecule has 0 radical (unpaired) electrons. The first-order valence-corrected chi connectivity index (χ1v) is 7.12. The fourth-order valence-electron chi connectivity index (χ4n) is 2.68. The van der Waals surface area contributed by atoms with E-state index in [0.29, 0.717) is 16.3 Å². The molecule has 1 aromatic carbocycles. The predicted octanol–water partition coefficient (Wildman–Crippen LogP) is 2.82. The highest BCUT2D eigenvalue weighted by Crippen LogP contribution is 2.40. The second kappa shape index (κ2) is 6.46. The van der Waals surface area contributed by atoms with Crippen LogP contribution in [0.2, 0.25) is 5.02 Å². The Morgan fingerprint density at radius 3 is 2.65 bits per heavy atom. The number of methoxy groups -OCH3 is 2. The lowest BCUT2D eigenvalue weighted by atomic mass is 9.96. The van der Waals surface area contributed by atoms with Crippen molar-refractivity contribution in [2.24, 2.45) is 0 Å². The van der Waals surface area contributed by atoms with Gasteiger partial charge >= 0.3 is 5.97 Å². The Morgan fingerprint density at radius 1 is 1.30 bits per heavy atom. The summed E-state index contributed by atoms with van der Waals surface area (Å²) >= 11 is 6.41. The summed E-state index contributed by atoms with van der Waals surface area (Å²) in [4.78, 5) is 11.6. The molecule has 1 atom stereocenters. The zero-order valence-electron chi connectivity index (χ0n) is 11.7. The first kappa shape index (κ1) is 15.1. The van der Waals surface area contributed by atoms with Crippen LogP contribution in [0.4, 0.5) is 0 Å². The number of fused-ring (bicyclic) bond motifs is 1. The van der Waals surface area contributed by atoms with Gasteiger partial charge in [0.25, 0.3) is 0 Å². The molecule has 1 unspecified atom stereocenters.